The van der Waals surface area contributed by atoms with Gasteiger partial charge < -0.3 is 53.2 Å². The van der Waals surface area contributed by atoms with E-state index in [1.165, 1.54) is 0 Å². The zero-order chi connectivity index (χ0) is 29.4. The van der Waals surface area contributed by atoms with Crippen molar-refractivity contribution in [1.82, 2.24) is 0 Å². The third-order valence-corrected chi connectivity index (χ3v) is 4.28. The van der Waals surface area contributed by atoms with Gasteiger partial charge in [-0.15, -0.1) is 0 Å². The van der Waals surface area contributed by atoms with Crippen molar-refractivity contribution in [2.75, 3.05) is 0 Å². The summed E-state index contributed by atoms with van der Waals surface area (Å²) >= 11 is 0. The van der Waals surface area contributed by atoms with E-state index in [-0.39, 0.29) is 83.8 Å². The van der Waals surface area contributed by atoms with Crippen molar-refractivity contribution in [3.8, 4) is 0 Å². The molecule has 0 aromatic heterocycles. The standard InChI is InChI=1S/C18H20O19.K.Na.2H/c19-7(20)1-16(33,13(27)28)3-9(23)36-11(25)5-18(35,15(31)32)6-12(26)37-10(24)4-17(34,14(29)30)2-8(21)22;;;;/h33-35H,1-6H2,(H,19,20)(H,21,22)(H,27,28)(H,29,30)(H,31,32);;;;/q;2*+1;2*-1. The molecule has 0 fully saturated rings. The number of carbonyl (C=O) groups is 9. The largest absolute Gasteiger partial charge is 1.00 e. The first-order chi connectivity index (χ1) is 16.7. The van der Waals surface area contributed by atoms with Crippen LogP contribution in [0.3, 0.4) is 0 Å². The van der Waals surface area contributed by atoms with Gasteiger partial charge in [-0.25, -0.2) is 14.4 Å². The monoisotopic (exact) mass is 604 g/mol. The van der Waals surface area contributed by atoms with Gasteiger partial charge in [-0.05, 0) is 0 Å². The quantitative estimate of drug-likeness (QED) is 0.0488. The van der Waals surface area contributed by atoms with Gasteiger partial charge in [0.15, 0.2) is 16.8 Å². The van der Waals surface area contributed by atoms with Gasteiger partial charge in [0.1, 0.15) is 0 Å². The van der Waals surface area contributed by atoms with Crippen LogP contribution in [0.2, 0.25) is 0 Å². The van der Waals surface area contributed by atoms with Crippen molar-refractivity contribution in [1.29, 1.82) is 0 Å². The summed E-state index contributed by atoms with van der Waals surface area (Å²) in [5.74, 6) is -18.0. The van der Waals surface area contributed by atoms with E-state index >= 15 is 0 Å². The SMILES string of the molecule is O=C(O)CC(O)(CC(=O)OC(=O)CC(O)(CC(=O)OC(=O)CC(O)(CC(=O)O)C(=O)O)C(=O)O)C(=O)O.[H-].[H-].[K+].[Na+]. The fourth-order valence-electron chi connectivity index (χ4n) is 2.49. The van der Waals surface area contributed by atoms with Crippen LogP contribution in [0.1, 0.15) is 41.4 Å². The first-order valence-electron chi connectivity index (χ1n) is 9.44. The predicted molar refractivity (Wildman–Crippen MR) is 105 cm³/mol. The molecular formula is C18H22KNaO19. The molecular weight excluding hydrogens is 582 g/mol. The van der Waals surface area contributed by atoms with Crippen molar-refractivity contribution in [3.05, 3.63) is 0 Å². The second-order valence-electron chi connectivity index (χ2n) is 7.55. The molecule has 0 rings (SSSR count). The fraction of sp³-hybridized carbons (Fsp3) is 0.500. The normalized spacial score (nSPS) is 14.7. The Morgan fingerprint density at radius 1 is 0.462 bits per heavy atom. The number of aliphatic carboxylic acids is 5. The van der Waals surface area contributed by atoms with Crippen LogP contribution in [0.25, 0.3) is 0 Å². The van der Waals surface area contributed by atoms with Crippen LogP contribution in [0.4, 0.5) is 0 Å². The van der Waals surface area contributed by atoms with Gasteiger partial charge in [0.25, 0.3) is 0 Å². The summed E-state index contributed by atoms with van der Waals surface area (Å²) in [7, 11) is 0. The third-order valence-electron chi connectivity index (χ3n) is 4.28. The van der Waals surface area contributed by atoms with E-state index in [2.05, 4.69) is 9.47 Å². The van der Waals surface area contributed by atoms with Crippen LogP contribution in [-0.2, 0) is 52.6 Å². The Bertz CT molecular complexity index is 965. The number of esters is 4. The molecule has 0 amide bonds. The summed E-state index contributed by atoms with van der Waals surface area (Å²) in [5, 5.41) is 73.5. The average molecular weight is 604 g/mol. The molecule has 0 aliphatic carbocycles. The number of hydrogen-bond acceptors (Lipinski definition) is 14. The summed E-state index contributed by atoms with van der Waals surface area (Å²) in [6.07, 6.45) is -9.67. The van der Waals surface area contributed by atoms with Crippen molar-refractivity contribution >= 4 is 53.7 Å². The maximum absolute atomic E-state index is 11.8. The number of carboxylic acids is 5. The van der Waals surface area contributed by atoms with Gasteiger partial charge in [0, 0.05) is 0 Å². The van der Waals surface area contributed by atoms with Gasteiger partial charge in [-0.3, -0.25) is 28.8 Å². The van der Waals surface area contributed by atoms with E-state index in [0.29, 0.717) is 0 Å². The zero-order valence-electron chi connectivity index (χ0n) is 22.3. The molecule has 0 aromatic rings. The van der Waals surface area contributed by atoms with E-state index in [1.54, 1.807) is 0 Å². The van der Waals surface area contributed by atoms with E-state index < -0.39 is 109 Å². The van der Waals surface area contributed by atoms with E-state index in [0.717, 1.165) is 0 Å². The van der Waals surface area contributed by atoms with E-state index in [4.69, 9.17) is 25.5 Å². The van der Waals surface area contributed by atoms with E-state index in [1.807, 2.05) is 0 Å². The molecule has 8 N–H and O–H groups in total. The predicted octanol–water partition coefficient (Wildman–Crippen LogP) is -9.68. The number of carboxylic acid groups (broad SMARTS) is 5. The Balaban J connectivity index is -0.00000108. The van der Waals surface area contributed by atoms with Crippen molar-refractivity contribution in [2.45, 2.75) is 55.3 Å². The minimum absolute atomic E-state index is 0. The second-order valence-corrected chi connectivity index (χ2v) is 7.55. The summed E-state index contributed by atoms with van der Waals surface area (Å²) < 4.78 is 8.05. The molecule has 0 heterocycles. The number of ether oxygens (including phenoxy) is 2. The van der Waals surface area contributed by atoms with Crippen molar-refractivity contribution < 1.29 is 177 Å². The molecule has 0 aliphatic rings. The number of aliphatic hydroxyl groups is 3. The van der Waals surface area contributed by atoms with Crippen LogP contribution in [0, 0.1) is 0 Å². The molecule has 2 unspecified atom stereocenters. The number of hydrogen-bond donors (Lipinski definition) is 8. The minimum Gasteiger partial charge on any atom is -1.00 e. The molecule has 39 heavy (non-hydrogen) atoms. The molecule has 0 radical (unpaired) electrons. The van der Waals surface area contributed by atoms with E-state index in [9.17, 15) is 58.5 Å². The Morgan fingerprint density at radius 3 is 0.795 bits per heavy atom. The third kappa shape index (κ3) is 14.4. The van der Waals surface area contributed by atoms with Crippen LogP contribution >= 0.6 is 0 Å². The molecule has 2 atom stereocenters. The molecule has 21 heteroatoms. The Labute approximate surface area is 283 Å². The number of carbonyl (C=O) groups excluding carboxylic acids is 4. The molecule has 0 bridgehead atoms. The molecule has 0 spiro atoms. The Kier molecular flexibility index (Phi) is 18.2. The zero-order valence-corrected chi connectivity index (χ0v) is 25.4. The van der Waals surface area contributed by atoms with Gasteiger partial charge in [0.05, 0.1) is 38.5 Å². The minimum atomic E-state index is -3.44. The summed E-state index contributed by atoms with van der Waals surface area (Å²) in [4.78, 5) is 102. The molecule has 0 saturated heterocycles. The van der Waals surface area contributed by atoms with Crippen LogP contribution in [0.5, 0.6) is 0 Å². The molecule has 19 nitrogen and oxygen atoms in total. The Morgan fingerprint density at radius 2 is 0.641 bits per heavy atom. The second kappa shape index (κ2) is 17.1. The van der Waals surface area contributed by atoms with Crippen molar-refractivity contribution in [3.63, 3.8) is 0 Å². The van der Waals surface area contributed by atoms with Crippen molar-refractivity contribution in [2.24, 2.45) is 0 Å². The number of rotatable bonds is 15. The molecule has 0 saturated carbocycles. The first kappa shape index (κ1) is 41.6. The van der Waals surface area contributed by atoms with Gasteiger partial charge in [-0.2, -0.15) is 0 Å². The summed E-state index contributed by atoms with van der Waals surface area (Å²) in [6.45, 7) is 0. The van der Waals surface area contributed by atoms with Gasteiger partial charge >= 0.3 is 135 Å². The smallest absolute Gasteiger partial charge is 1.00 e. The average Bonchev–Trinajstić information content (AvgIpc) is 2.64. The van der Waals surface area contributed by atoms with Crippen LogP contribution in [-0.4, -0.2) is 111 Å². The van der Waals surface area contributed by atoms with Gasteiger partial charge in [0.2, 0.25) is 0 Å². The maximum Gasteiger partial charge on any atom is 1.00 e. The fourth-order valence-corrected chi connectivity index (χ4v) is 2.49. The maximum atomic E-state index is 11.8. The summed E-state index contributed by atoms with van der Waals surface area (Å²) in [5.41, 5.74) is -9.90. The molecule has 0 aliphatic heterocycles. The first-order valence-corrected chi connectivity index (χ1v) is 9.44. The molecule has 0 aromatic carbocycles. The topological polar surface area (TPSA) is 334 Å². The Hall–Kier alpha value is -1.85. The van der Waals surface area contributed by atoms with Crippen LogP contribution < -0.4 is 80.9 Å². The molecule has 210 valence electrons. The van der Waals surface area contributed by atoms with Crippen LogP contribution in [0.15, 0.2) is 0 Å². The summed E-state index contributed by atoms with van der Waals surface area (Å²) in [6, 6.07) is 0. The van der Waals surface area contributed by atoms with Gasteiger partial charge in [-0.1, -0.05) is 0 Å².